The molecular weight excluding hydrogens is 326 g/mol. The molecule has 0 aliphatic heterocycles. The molecule has 1 atom stereocenters. The van der Waals surface area contributed by atoms with Crippen LogP contribution in [0.1, 0.15) is 25.0 Å². The van der Waals surface area contributed by atoms with Gasteiger partial charge < -0.3 is 15.0 Å². The van der Waals surface area contributed by atoms with Crippen LogP contribution >= 0.6 is 0 Å². The molecule has 2 rings (SSSR count). The first kappa shape index (κ1) is 19.3. The van der Waals surface area contributed by atoms with Gasteiger partial charge in [0.15, 0.2) is 6.10 Å². The van der Waals surface area contributed by atoms with Gasteiger partial charge in [0.2, 0.25) is 0 Å². The smallest absolute Gasteiger partial charge is 0.260 e. The van der Waals surface area contributed by atoms with E-state index < -0.39 is 6.10 Å². The fourth-order valence-corrected chi connectivity index (χ4v) is 2.69. The van der Waals surface area contributed by atoms with E-state index in [4.69, 9.17) is 10.00 Å². The van der Waals surface area contributed by atoms with Crippen LogP contribution in [0.4, 0.5) is 5.69 Å². The summed E-state index contributed by atoms with van der Waals surface area (Å²) in [6, 6.07) is 17.0. The number of rotatable bonds is 8. The lowest BCUT2D eigenvalue weighted by Gasteiger charge is -2.25. The maximum Gasteiger partial charge on any atom is 0.260 e. The van der Waals surface area contributed by atoms with Crippen LogP contribution in [0, 0.1) is 18.3 Å². The number of nitrogens with one attached hydrogen (secondary N) is 1. The van der Waals surface area contributed by atoms with E-state index in [9.17, 15) is 4.79 Å². The second-order valence-corrected chi connectivity index (χ2v) is 6.05. The van der Waals surface area contributed by atoms with Gasteiger partial charge in [-0.25, -0.2) is 0 Å². The van der Waals surface area contributed by atoms with Crippen LogP contribution in [0.2, 0.25) is 0 Å². The van der Waals surface area contributed by atoms with E-state index in [0.717, 1.165) is 13.1 Å². The molecule has 0 radical (unpaired) electrons. The number of nitriles is 1. The molecule has 0 heterocycles. The Morgan fingerprint density at radius 2 is 1.92 bits per heavy atom. The van der Waals surface area contributed by atoms with Gasteiger partial charge >= 0.3 is 0 Å². The minimum Gasteiger partial charge on any atom is -0.481 e. The number of nitrogens with zero attached hydrogens (tertiary/aromatic N) is 2. The Morgan fingerprint density at radius 3 is 2.54 bits per heavy atom. The molecule has 0 aromatic heterocycles. The fourth-order valence-electron chi connectivity index (χ4n) is 2.69. The third kappa shape index (κ3) is 5.25. The largest absolute Gasteiger partial charge is 0.481 e. The normalized spacial score (nSPS) is 11.3. The first-order valence-electron chi connectivity index (χ1n) is 8.80. The van der Waals surface area contributed by atoms with Gasteiger partial charge in [-0.3, -0.25) is 4.79 Å². The van der Waals surface area contributed by atoms with Crippen molar-refractivity contribution in [3.05, 3.63) is 59.7 Å². The van der Waals surface area contributed by atoms with Gasteiger partial charge in [0.05, 0.1) is 11.6 Å². The predicted molar refractivity (Wildman–Crippen MR) is 103 cm³/mol. The highest BCUT2D eigenvalue weighted by Gasteiger charge is 2.15. The lowest BCUT2D eigenvalue weighted by Crippen LogP contribution is -2.41. The molecule has 0 saturated carbocycles. The van der Waals surface area contributed by atoms with Gasteiger partial charge in [-0.15, -0.1) is 0 Å². The molecule has 1 N–H and O–H groups in total. The maximum absolute atomic E-state index is 12.2. The van der Waals surface area contributed by atoms with Crippen LogP contribution in [0.5, 0.6) is 5.75 Å². The van der Waals surface area contributed by atoms with E-state index in [2.05, 4.69) is 42.3 Å². The number of hydrogen-bond acceptors (Lipinski definition) is 4. The third-order valence-electron chi connectivity index (χ3n) is 4.18. The zero-order valence-electron chi connectivity index (χ0n) is 15.5. The monoisotopic (exact) mass is 351 g/mol. The molecule has 0 spiro atoms. The van der Waals surface area contributed by atoms with Crippen molar-refractivity contribution in [1.29, 1.82) is 5.26 Å². The van der Waals surface area contributed by atoms with Crippen LogP contribution < -0.4 is 15.0 Å². The van der Waals surface area contributed by atoms with Gasteiger partial charge in [-0.1, -0.05) is 18.2 Å². The number of ether oxygens (including phenoxy) is 1. The van der Waals surface area contributed by atoms with E-state index >= 15 is 0 Å². The van der Waals surface area contributed by atoms with Crippen molar-refractivity contribution < 1.29 is 9.53 Å². The van der Waals surface area contributed by atoms with Crippen molar-refractivity contribution in [1.82, 2.24) is 5.32 Å². The average molecular weight is 351 g/mol. The number of aryl methyl sites for hydroxylation is 1. The number of benzene rings is 2. The second kappa shape index (κ2) is 9.47. The molecule has 2 aromatic rings. The van der Waals surface area contributed by atoms with Crippen molar-refractivity contribution in [3.63, 3.8) is 0 Å². The Labute approximate surface area is 155 Å². The van der Waals surface area contributed by atoms with Crippen LogP contribution in [0.3, 0.4) is 0 Å². The van der Waals surface area contributed by atoms with E-state index in [1.165, 1.54) is 11.3 Å². The Bertz CT molecular complexity index is 766. The first-order chi connectivity index (χ1) is 12.5. The van der Waals surface area contributed by atoms with Crippen LogP contribution in [-0.4, -0.2) is 31.6 Å². The Balaban J connectivity index is 1.83. The highest BCUT2D eigenvalue weighted by molar-refractivity contribution is 5.80. The SMILES string of the molecule is CCN(CCNC(=O)C(C)Oc1ccc(C#N)cc1)c1ccccc1C. The Morgan fingerprint density at radius 1 is 1.23 bits per heavy atom. The molecule has 0 fully saturated rings. The summed E-state index contributed by atoms with van der Waals surface area (Å²) in [4.78, 5) is 14.5. The molecule has 0 bridgehead atoms. The summed E-state index contributed by atoms with van der Waals surface area (Å²) in [5.41, 5.74) is 2.97. The number of carbonyl (C=O) groups is 1. The molecule has 5 heteroatoms. The van der Waals surface area contributed by atoms with Gasteiger partial charge in [-0.05, 0) is 56.7 Å². The van der Waals surface area contributed by atoms with E-state index in [-0.39, 0.29) is 5.91 Å². The number of amides is 1. The minimum atomic E-state index is -0.600. The number of carbonyl (C=O) groups excluding carboxylic acids is 1. The molecular formula is C21H25N3O2. The highest BCUT2D eigenvalue weighted by atomic mass is 16.5. The lowest BCUT2D eigenvalue weighted by molar-refractivity contribution is -0.127. The zero-order chi connectivity index (χ0) is 18.9. The summed E-state index contributed by atoms with van der Waals surface area (Å²) in [5, 5.41) is 11.7. The first-order valence-corrected chi connectivity index (χ1v) is 8.80. The molecule has 0 saturated heterocycles. The van der Waals surface area contributed by atoms with Crippen molar-refractivity contribution >= 4 is 11.6 Å². The van der Waals surface area contributed by atoms with E-state index in [1.807, 2.05) is 12.1 Å². The lowest BCUT2D eigenvalue weighted by atomic mass is 10.2. The van der Waals surface area contributed by atoms with Gasteiger partial charge in [-0.2, -0.15) is 5.26 Å². The van der Waals surface area contributed by atoms with Gasteiger partial charge in [0, 0.05) is 25.3 Å². The summed E-state index contributed by atoms with van der Waals surface area (Å²) in [7, 11) is 0. The van der Waals surface area contributed by atoms with Gasteiger partial charge in [0.1, 0.15) is 5.75 Å². The molecule has 1 amide bonds. The van der Waals surface area contributed by atoms with Crippen LogP contribution in [0.15, 0.2) is 48.5 Å². The Kier molecular flexibility index (Phi) is 7.04. The third-order valence-corrected chi connectivity index (χ3v) is 4.18. The second-order valence-electron chi connectivity index (χ2n) is 6.05. The van der Waals surface area contributed by atoms with Crippen molar-refractivity contribution in [3.8, 4) is 11.8 Å². The van der Waals surface area contributed by atoms with Crippen molar-refractivity contribution in [2.75, 3.05) is 24.5 Å². The molecule has 0 aliphatic carbocycles. The van der Waals surface area contributed by atoms with Gasteiger partial charge in [0.25, 0.3) is 5.91 Å². The Hall–Kier alpha value is -3.00. The summed E-state index contributed by atoms with van der Waals surface area (Å²) in [6.07, 6.45) is -0.600. The fraction of sp³-hybridized carbons (Fsp3) is 0.333. The number of likely N-dealkylation sites (N-methyl/N-ethyl adjacent to an activating group) is 1. The average Bonchev–Trinajstić information content (AvgIpc) is 2.66. The number of anilines is 1. The summed E-state index contributed by atoms with van der Waals surface area (Å²) < 4.78 is 5.63. The summed E-state index contributed by atoms with van der Waals surface area (Å²) in [5.74, 6) is 0.414. The summed E-state index contributed by atoms with van der Waals surface area (Å²) >= 11 is 0. The summed E-state index contributed by atoms with van der Waals surface area (Å²) in [6.45, 7) is 8.05. The maximum atomic E-state index is 12.2. The number of para-hydroxylation sites is 1. The van der Waals surface area contributed by atoms with E-state index in [1.54, 1.807) is 31.2 Å². The highest BCUT2D eigenvalue weighted by Crippen LogP contribution is 2.18. The van der Waals surface area contributed by atoms with Crippen molar-refractivity contribution in [2.45, 2.75) is 26.9 Å². The van der Waals surface area contributed by atoms with Crippen LogP contribution in [-0.2, 0) is 4.79 Å². The quantitative estimate of drug-likeness (QED) is 0.793. The topological polar surface area (TPSA) is 65.4 Å². The molecule has 26 heavy (non-hydrogen) atoms. The standard InChI is InChI=1S/C21H25N3O2/c1-4-24(20-8-6-5-7-16(20)2)14-13-23-21(25)17(3)26-19-11-9-18(15-22)10-12-19/h5-12,17H,4,13-14H2,1-3H3,(H,23,25). The van der Waals surface area contributed by atoms with E-state index in [0.29, 0.717) is 17.9 Å². The zero-order valence-corrected chi connectivity index (χ0v) is 15.5. The molecule has 0 aliphatic rings. The minimum absolute atomic E-state index is 0.157. The van der Waals surface area contributed by atoms with Crippen molar-refractivity contribution in [2.24, 2.45) is 0 Å². The molecule has 136 valence electrons. The number of hydrogen-bond donors (Lipinski definition) is 1. The molecule has 1 unspecified atom stereocenters. The van der Waals surface area contributed by atoms with Crippen LogP contribution in [0.25, 0.3) is 0 Å². The molecule has 5 nitrogen and oxygen atoms in total. The predicted octanol–water partition coefficient (Wildman–Crippen LogP) is 3.28. The molecule has 2 aromatic carbocycles.